The fourth-order valence-corrected chi connectivity index (χ4v) is 1.96. The lowest BCUT2D eigenvalue weighted by Crippen LogP contribution is -2.39. The molecule has 0 bridgehead atoms. The van der Waals surface area contributed by atoms with Crippen LogP contribution < -0.4 is 5.69 Å². The Morgan fingerprint density at radius 2 is 2.33 bits per heavy atom. The van der Waals surface area contributed by atoms with Crippen LogP contribution in [0.25, 0.3) is 0 Å². The molecule has 1 aromatic rings. The highest BCUT2D eigenvalue weighted by molar-refractivity contribution is 5.18. The summed E-state index contributed by atoms with van der Waals surface area (Å²) >= 11 is 0. The van der Waals surface area contributed by atoms with Gasteiger partial charge < -0.3 is 20.1 Å². The lowest BCUT2D eigenvalue weighted by atomic mass is 10.0. The number of aliphatic hydroxyl groups is 2. The van der Waals surface area contributed by atoms with Crippen molar-refractivity contribution in [3.63, 3.8) is 0 Å². The van der Waals surface area contributed by atoms with Crippen LogP contribution in [0.3, 0.4) is 0 Å². The van der Waals surface area contributed by atoms with E-state index in [-0.39, 0.29) is 18.9 Å². The molecule has 0 radical (unpaired) electrons. The van der Waals surface area contributed by atoms with Crippen LogP contribution in [0, 0.1) is 6.92 Å². The van der Waals surface area contributed by atoms with Gasteiger partial charge in [0.2, 0.25) is 5.88 Å². The minimum atomic E-state index is -1.09. The summed E-state index contributed by atoms with van der Waals surface area (Å²) in [5.74, 6) is -0.320. The van der Waals surface area contributed by atoms with Crippen LogP contribution in [-0.4, -0.2) is 43.2 Å². The van der Waals surface area contributed by atoms with E-state index < -0.39 is 23.6 Å². The first-order valence-corrected chi connectivity index (χ1v) is 5.63. The maximum atomic E-state index is 11.7. The summed E-state index contributed by atoms with van der Waals surface area (Å²) < 4.78 is 6.72. The number of aliphatic hydroxyl groups excluding tert-OH is 2. The Kier molecular flexibility index (Phi) is 3.14. The SMILES string of the molecule is Cc1cn([C@H]2C[C@H](O)[C@@](C)(CO)O2)c(=O)nc1O. The van der Waals surface area contributed by atoms with Crippen LogP contribution in [0.1, 0.15) is 25.1 Å². The van der Waals surface area contributed by atoms with Crippen molar-refractivity contribution < 1.29 is 20.1 Å². The first-order valence-electron chi connectivity index (χ1n) is 5.63. The molecule has 2 heterocycles. The van der Waals surface area contributed by atoms with Gasteiger partial charge in [-0.3, -0.25) is 4.57 Å². The predicted octanol–water partition coefficient (Wildman–Crippen LogP) is -0.712. The fourth-order valence-electron chi connectivity index (χ4n) is 1.96. The van der Waals surface area contributed by atoms with Crippen LogP contribution >= 0.6 is 0 Å². The molecule has 0 spiro atoms. The molecular formula is C11H16N2O5. The van der Waals surface area contributed by atoms with Crippen molar-refractivity contribution in [3.8, 4) is 5.88 Å². The van der Waals surface area contributed by atoms with E-state index in [0.717, 1.165) is 0 Å². The molecule has 3 atom stereocenters. The zero-order chi connectivity index (χ0) is 13.5. The predicted molar refractivity (Wildman–Crippen MR) is 61.1 cm³/mol. The third kappa shape index (κ3) is 2.00. The molecule has 7 nitrogen and oxygen atoms in total. The number of hydrogen-bond donors (Lipinski definition) is 3. The number of aryl methyl sites for hydroxylation is 1. The Hall–Kier alpha value is -1.44. The van der Waals surface area contributed by atoms with Crippen LogP contribution in [0.2, 0.25) is 0 Å². The molecule has 1 fully saturated rings. The first-order chi connectivity index (χ1) is 8.37. The van der Waals surface area contributed by atoms with Gasteiger partial charge in [-0.05, 0) is 13.8 Å². The summed E-state index contributed by atoms with van der Waals surface area (Å²) in [5, 5.41) is 28.3. The fraction of sp³-hybridized carbons (Fsp3) is 0.636. The van der Waals surface area contributed by atoms with E-state index in [2.05, 4.69) is 4.98 Å². The van der Waals surface area contributed by atoms with E-state index in [9.17, 15) is 20.1 Å². The molecule has 7 heteroatoms. The molecule has 1 saturated heterocycles. The Labute approximate surface area is 103 Å². The smallest absolute Gasteiger partial charge is 0.352 e. The Balaban J connectivity index is 2.35. The minimum absolute atomic E-state index is 0.183. The normalized spacial score (nSPS) is 31.8. The van der Waals surface area contributed by atoms with Crippen molar-refractivity contribution in [2.45, 2.75) is 38.2 Å². The van der Waals surface area contributed by atoms with Gasteiger partial charge in [0.1, 0.15) is 11.8 Å². The topological polar surface area (TPSA) is 105 Å². The maximum Gasteiger partial charge on any atom is 0.352 e. The lowest BCUT2D eigenvalue weighted by molar-refractivity contribution is -0.116. The maximum absolute atomic E-state index is 11.7. The molecule has 3 N–H and O–H groups in total. The third-order valence-electron chi connectivity index (χ3n) is 3.27. The van der Waals surface area contributed by atoms with Crippen LogP contribution in [-0.2, 0) is 4.74 Å². The summed E-state index contributed by atoms with van der Waals surface area (Å²) in [6.45, 7) is 2.84. The van der Waals surface area contributed by atoms with Crippen molar-refractivity contribution >= 4 is 0 Å². The summed E-state index contributed by atoms with van der Waals surface area (Å²) in [5.41, 5.74) is -1.31. The van der Waals surface area contributed by atoms with Gasteiger partial charge in [-0.1, -0.05) is 0 Å². The van der Waals surface area contributed by atoms with E-state index in [1.807, 2.05) is 0 Å². The molecule has 0 saturated carbocycles. The highest BCUT2D eigenvalue weighted by atomic mass is 16.6. The highest BCUT2D eigenvalue weighted by Gasteiger charge is 2.45. The minimum Gasteiger partial charge on any atom is -0.493 e. The second kappa shape index (κ2) is 4.34. The molecular weight excluding hydrogens is 240 g/mol. The van der Waals surface area contributed by atoms with E-state index in [1.165, 1.54) is 10.8 Å². The number of rotatable bonds is 2. The Morgan fingerprint density at radius 1 is 1.67 bits per heavy atom. The van der Waals surface area contributed by atoms with Gasteiger partial charge in [-0.25, -0.2) is 4.79 Å². The summed E-state index contributed by atoms with van der Waals surface area (Å²) in [4.78, 5) is 15.1. The standard InChI is InChI=1S/C11H16N2O5/c1-6-4-13(10(17)12-9(6)16)8-3-7(15)11(2,5-14)18-8/h4,7-8,14-15H,3,5H2,1-2H3,(H,12,16,17)/t7-,8+,11+/m0/s1. The average Bonchev–Trinajstić information content (AvgIpc) is 2.61. The van der Waals surface area contributed by atoms with Gasteiger partial charge in [0, 0.05) is 18.2 Å². The molecule has 1 aliphatic heterocycles. The summed E-state index contributed by atoms with van der Waals surface area (Å²) in [6.07, 6.45) is 0.0403. The van der Waals surface area contributed by atoms with Crippen LogP contribution in [0.5, 0.6) is 5.88 Å². The zero-order valence-corrected chi connectivity index (χ0v) is 10.2. The largest absolute Gasteiger partial charge is 0.493 e. The highest BCUT2D eigenvalue weighted by Crippen LogP contribution is 2.35. The van der Waals surface area contributed by atoms with Crippen molar-refractivity contribution in [2.75, 3.05) is 6.61 Å². The number of aromatic nitrogens is 2. The number of aromatic hydroxyl groups is 1. The van der Waals surface area contributed by atoms with Gasteiger partial charge in [0.15, 0.2) is 0 Å². The van der Waals surface area contributed by atoms with E-state index in [4.69, 9.17) is 4.74 Å². The molecule has 0 aliphatic carbocycles. The molecule has 100 valence electrons. The molecule has 0 unspecified atom stereocenters. The van der Waals surface area contributed by atoms with E-state index in [0.29, 0.717) is 5.56 Å². The first kappa shape index (κ1) is 13.0. The lowest BCUT2D eigenvalue weighted by Gasteiger charge is -2.25. The van der Waals surface area contributed by atoms with Gasteiger partial charge in [0.05, 0.1) is 12.7 Å². The summed E-state index contributed by atoms with van der Waals surface area (Å²) in [7, 11) is 0. The summed E-state index contributed by atoms with van der Waals surface area (Å²) in [6, 6.07) is 0. The quantitative estimate of drug-likeness (QED) is 0.645. The number of nitrogens with zero attached hydrogens (tertiary/aromatic N) is 2. The molecule has 18 heavy (non-hydrogen) atoms. The third-order valence-corrected chi connectivity index (χ3v) is 3.27. The van der Waals surface area contributed by atoms with E-state index in [1.54, 1.807) is 13.8 Å². The van der Waals surface area contributed by atoms with Crippen molar-refractivity contribution in [2.24, 2.45) is 0 Å². The average molecular weight is 256 g/mol. The second-order valence-corrected chi connectivity index (χ2v) is 4.73. The molecule has 1 aliphatic rings. The van der Waals surface area contributed by atoms with Gasteiger partial charge in [0.25, 0.3) is 0 Å². The van der Waals surface area contributed by atoms with Gasteiger partial charge in [-0.2, -0.15) is 4.98 Å². The second-order valence-electron chi connectivity index (χ2n) is 4.73. The van der Waals surface area contributed by atoms with Gasteiger partial charge >= 0.3 is 5.69 Å². The van der Waals surface area contributed by atoms with Crippen molar-refractivity contribution in [3.05, 3.63) is 22.2 Å². The number of hydrogen-bond acceptors (Lipinski definition) is 6. The molecule has 0 amide bonds. The molecule has 1 aromatic heterocycles. The van der Waals surface area contributed by atoms with Crippen molar-refractivity contribution in [1.82, 2.24) is 9.55 Å². The molecule has 0 aromatic carbocycles. The number of ether oxygens (including phenoxy) is 1. The van der Waals surface area contributed by atoms with Crippen molar-refractivity contribution in [1.29, 1.82) is 0 Å². The monoisotopic (exact) mass is 256 g/mol. The zero-order valence-electron chi connectivity index (χ0n) is 10.2. The molecule has 2 rings (SSSR count). The Morgan fingerprint density at radius 3 is 2.89 bits per heavy atom. The Bertz CT molecular complexity index is 515. The van der Waals surface area contributed by atoms with Gasteiger partial charge in [-0.15, -0.1) is 0 Å². The van der Waals surface area contributed by atoms with Crippen LogP contribution in [0.15, 0.2) is 11.0 Å². The van der Waals surface area contributed by atoms with E-state index >= 15 is 0 Å². The van der Waals surface area contributed by atoms with Crippen LogP contribution in [0.4, 0.5) is 0 Å².